The molecule has 6 heteroatoms. The molecule has 0 aliphatic heterocycles. The fourth-order valence-electron chi connectivity index (χ4n) is 0.896. The van der Waals surface area contributed by atoms with Gasteiger partial charge in [-0.3, -0.25) is 10.1 Å². The lowest BCUT2D eigenvalue weighted by atomic mass is 10.4. The molecule has 2 aromatic heterocycles. The summed E-state index contributed by atoms with van der Waals surface area (Å²) in [5.74, 6) is 0.132. The van der Waals surface area contributed by atoms with E-state index in [1.807, 2.05) is 0 Å². The molecule has 0 aliphatic carbocycles. The Kier molecular flexibility index (Phi) is 2.89. The van der Waals surface area contributed by atoms with Crippen molar-refractivity contribution in [1.29, 1.82) is 0 Å². The lowest BCUT2D eigenvalue weighted by molar-refractivity contribution is -0.111. The van der Waals surface area contributed by atoms with Gasteiger partial charge in [-0.15, -0.1) is 11.3 Å². The van der Waals surface area contributed by atoms with Gasteiger partial charge in [-0.1, -0.05) is 0 Å². The molecular formula is C9H7N3O2S. The molecule has 0 atom stereocenters. The molecule has 0 aromatic carbocycles. The van der Waals surface area contributed by atoms with Crippen LogP contribution in [0, 0.1) is 0 Å². The molecule has 2 rings (SSSR count). The van der Waals surface area contributed by atoms with Crippen molar-refractivity contribution in [2.45, 2.75) is 0 Å². The lowest BCUT2D eigenvalue weighted by Gasteiger charge is -1.93. The summed E-state index contributed by atoms with van der Waals surface area (Å²) in [7, 11) is 0. The van der Waals surface area contributed by atoms with Crippen molar-refractivity contribution in [2.75, 3.05) is 5.32 Å². The number of aromatic nitrogens is 2. The highest BCUT2D eigenvalue weighted by Crippen LogP contribution is 2.10. The number of hydrogen-bond acceptors (Lipinski definition) is 5. The quantitative estimate of drug-likeness (QED) is 0.802. The summed E-state index contributed by atoms with van der Waals surface area (Å²) in [6.45, 7) is 0. The fourth-order valence-corrected chi connectivity index (χ4v) is 1.43. The average molecular weight is 221 g/mol. The zero-order valence-corrected chi connectivity index (χ0v) is 8.40. The molecule has 0 radical (unpaired) electrons. The first-order valence-corrected chi connectivity index (χ1v) is 5.00. The zero-order valence-electron chi connectivity index (χ0n) is 7.58. The maximum absolute atomic E-state index is 11.3. The maximum atomic E-state index is 11.3. The van der Waals surface area contributed by atoms with Gasteiger partial charge < -0.3 is 4.42 Å². The summed E-state index contributed by atoms with van der Waals surface area (Å²) in [6, 6.07) is 0. The van der Waals surface area contributed by atoms with Gasteiger partial charge in [0.25, 0.3) is 0 Å². The minimum absolute atomic E-state index is 0.261. The number of nitrogens with one attached hydrogen (secondary N) is 1. The predicted octanol–water partition coefficient (Wildman–Crippen LogP) is 1.78. The van der Waals surface area contributed by atoms with Crippen LogP contribution in [0.25, 0.3) is 6.08 Å². The Bertz CT molecular complexity index is 448. The van der Waals surface area contributed by atoms with Crippen molar-refractivity contribution in [2.24, 2.45) is 0 Å². The lowest BCUT2D eigenvalue weighted by Crippen LogP contribution is -2.06. The van der Waals surface area contributed by atoms with E-state index in [0.29, 0.717) is 11.0 Å². The summed E-state index contributed by atoms with van der Waals surface area (Å²) in [5, 5.41) is 4.95. The summed E-state index contributed by atoms with van der Waals surface area (Å²) in [6.07, 6.45) is 7.41. The van der Waals surface area contributed by atoms with Crippen molar-refractivity contribution >= 4 is 28.5 Å². The van der Waals surface area contributed by atoms with Crippen LogP contribution in [0.4, 0.5) is 5.13 Å². The largest absolute Gasteiger partial charge is 0.445 e. The van der Waals surface area contributed by atoms with Crippen LogP contribution >= 0.6 is 11.3 Å². The topological polar surface area (TPSA) is 68.0 Å². The van der Waals surface area contributed by atoms with Crippen LogP contribution in [-0.2, 0) is 4.79 Å². The van der Waals surface area contributed by atoms with Crippen molar-refractivity contribution in [3.8, 4) is 0 Å². The molecule has 0 fully saturated rings. The van der Waals surface area contributed by atoms with Crippen molar-refractivity contribution in [1.82, 2.24) is 9.97 Å². The molecular weight excluding hydrogens is 214 g/mol. The Balaban J connectivity index is 1.93. The summed E-state index contributed by atoms with van der Waals surface area (Å²) in [4.78, 5) is 19.1. The Morgan fingerprint density at radius 1 is 1.47 bits per heavy atom. The summed E-state index contributed by atoms with van der Waals surface area (Å²) in [5.41, 5.74) is 0. The first-order valence-electron chi connectivity index (χ1n) is 4.12. The number of amides is 1. The third kappa shape index (κ3) is 2.75. The average Bonchev–Trinajstić information content (AvgIpc) is 2.86. The van der Waals surface area contributed by atoms with E-state index in [0.717, 1.165) is 0 Å². The van der Waals surface area contributed by atoms with Crippen LogP contribution in [0.2, 0.25) is 0 Å². The number of carbonyl (C=O) groups is 1. The number of thiazole rings is 1. The van der Waals surface area contributed by atoms with Crippen LogP contribution in [0.5, 0.6) is 0 Å². The molecule has 5 nitrogen and oxygen atoms in total. The SMILES string of the molecule is O=C(/C=C/c1ncco1)Nc1nccs1. The van der Waals surface area contributed by atoms with E-state index < -0.39 is 0 Å². The molecule has 0 spiro atoms. The van der Waals surface area contributed by atoms with Gasteiger partial charge in [-0.25, -0.2) is 9.97 Å². The van der Waals surface area contributed by atoms with Gasteiger partial charge in [-0.2, -0.15) is 0 Å². The third-order valence-corrected chi connectivity index (χ3v) is 2.18. The summed E-state index contributed by atoms with van der Waals surface area (Å²) < 4.78 is 4.93. The zero-order chi connectivity index (χ0) is 10.5. The summed E-state index contributed by atoms with van der Waals surface area (Å²) >= 11 is 1.36. The van der Waals surface area contributed by atoms with E-state index in [1.165, 1.54) is 35.9 Å². The molecule has 0 bridgehead atoms. The Morgan fingerprint density at radius 3 is 3.07 bits per heavy atom. The highest BCUT2D eigenvalue weighted by Gasteiger charge is 1.99. The highest BCUT2D eigenvalue weighted by molar-refractivity contribution is 7.13. The van der Waals surface area contributed by atoms with Gasteiger partial charge >= 0.3 is 0 Å². The van der Waals surface area contributed by atoms with Gasteiger partial charge in [0.1, 0.15) is 6.26 Å². The first-order chi connectivity index (χ1) is 7.34. The van der Waals surface area contributed by atoms with E-state index in [2.05, 4.69) is 15.3 Å². The molecule has 2 heterocycles. The van der Waals surface area contributed by atoms with E-state index in [-0.39, 0.29) is 5.91 Å². The molecule has 0 aliphatic rings. The van der Waals surface area contributed by atoms with Gasteiger partial charge in [0.15, 0.2) is 5.13 Å². The van der Waals surface area contributed by atoms with Crippen LogP contribution in [-0.4, -0.2) is 15.9 Å². The van der Waals surface area contributed by atoms with Gasteiger partial charge in [0.2, 0.25) is 11.8 Å². The monoisotopic (exact) mass is 221 g/mol. The third-order valence-electron chi connectivity index (χ3n) is 1.49. The maximum Gasteiger partial charge on any atom is 0.250 e. The molecule has 76 valence electrons. The van der Waals surface area contributed by atoms with E-state index in [9.17, 15) is 4.79 Å². The number of rotatable bonds is 3. The molecule has 15 heavy (non-hydrogen) atoms. The molecule has 1 amide bonds. The van der Waals surface area contributed by atoms with Crippen molar-refractivity contribution in [3.63, 3.8) is 0 Å². The number of anilines is 1. The minimum atomic E-state index is -0.261. The Hall–Kier alpha value is -1.95. The molecule has 1 N–H and O–H groups in total. The standard InChI is InChI=1S/C9H7N3O2S/c13-7(12-9-11-4-6-15-9)1-2-8-10-3-5-14-8/h1-6H,(H,11,12,13)/b2-1+. The van der Waals surface area contributed by atoms with Gasteiger partial charge in [0.05, 0.1) is 6.20 Å². The van der Waals surface area contributed by atoms with E-state index in [1.54, 1.807) is 11.6 Å². The smallest absolute Gasteiger partial charge is 0.250 e. The number of oxazole rings is 1. The van der Waals surface area contributed by atoms with E-state index in [4.69, 9.17) is 4.42 Å². The van der Waals surface area contributed by atoms with Gasteiger partial charge in [-0.05, 0) is 0 Å². The normalized spacial score (nSPS) is 10.7. The molecule has 0 unspecified atom stereocenters. The second-order valence-electron chi connectivity index (χ2n) is 2.53. The number of nitrogens with zero attached hydrogens (tertiary/aromatic N) is 2. The second kappa shape index (κ2) is 4.52. The van der Waals surface area contributed by atoms with Gasteiger partial charge in [0, 0.05) is 23.7 Å². The minimum Gasteiger partial charge on any atom is -0.445 e. The van der Waals surface area contributed by atoms with Crippen LogP contribution in [0.3, 0.4) is 0 Å². The first kappa shape index (κ1) is 9.60. The van der Waals surface area contributed by atoms with Crippen LogP contribution < -0.4 is 5.32 Å². The number of carbonyl (C=O) groups excluding carboxylic acids is 1. The van der Waals surface area contributed by atoms with Crippen molar-refractivity contribution < 1.29 is 9.21 Å². The number of hydrogen-bond donors (Lipinski definition) is 1. The Morgan fingerprint density at radius 2 is 2.40 bits per heavy atom. The van der Waals surface area contributed by atoms with Crippen LogP contribution in [0.15, 0.2) is 34.5 Å². The molecule has 0 saturated heterocycles. The van der Waals surface area contributed by atoms with E-state index >= 15 is 0 Å². The van der Waals surface area contributed by atoms with Crippen LogP contribution in [0.1, 0.15) is 5.89 Å². The molecule has 0 saturated carbocycles. The second-order valence-corrected chi connectivity index (χ2v) is 3.42. The molecule has 2 aromatic rings. The van der Waals surface area contributed by atoms with Crippen molar-refractivity contribution in [3.05, 3.63) is 36.0 Å². The Labute approximate surface area is 89.5 Å². The fraction of sp³-hybridized carbons (Fsp3) is 0. The highest BCUT2D eigenvalue weighted by atomic mass is 32.1. The predicted molar refractivity (Wildman–Crippen MR) is 56.3 cm³/mol.